The van der Waals surface area contributed by atoms with Crippen molar-refractivity contribution in [1.82, 2.24) is 20.1 Å². The van der Waals surface area contributed by atoms with E-state index in [2.05, 4.69) is 20.8 Å². The second-order valence-electron chi connectivity index (χ2n) is 6.74. The average molecular weight is 445 g/mol. The predicted octanol–water partition coefficient (Wildman–Crippen LogP) is 2.32. The molecular weight excluding hydrogens is 423 g/mol. The molecule has 1 fully saturated rings. The summed E-state index contributed by atoms with van der Waals surface area (Å²) in [7, 11) is -3.72. The summed E-state index contributed by atoms with van der Waals surface area (Å²) in [6.45, 7) is -0.0856. The Morgan fingerprint density at radius 3 is 2.53 bits per heavy atom. The number of benzene rings is 1. The Morgan fingerprint density at radius 1 is 1.27 bits per heavy atom. The van der Waals surface area contributed by atoms with Gasteiger partial charge in [-0.3, -0.25) is 4.99 Å². The Hall–Kier alpha value is -2.60. The Labute approximate surface area is 172 Å². The minimum absolute atomic E-state index is 0.201. The quantitative estimate of drug-likeness (QED) is 0.541. The van der Waals surface area contributed by atoms with Crippen molar-refractivity contribution in [3.63, 3.8) is 0 Å². The lowest BCUT2D eigenvalue weighted by Gasteiger charge is -2.32. The molecule has 0 amide bonds. The van der Waals surface area contributed by atoms with Gasteiger partial charge in [-0.1, -0.05) is 35.5 Å². The zero-order valence-corrected chi connectivity index (χ0v) is 17.0. The molecule has 1 saturated heterocycles. The van der Waals surface area contributed by atoms with Gasteiger partial charge in [0.15, 0.2) is 11.7 Å². The largest absolute Gasteiger partial charge is 0.511 e. The van der Waals surface area contributed by atoms with E-state index < -0.39 is 15.5 Å². The van der Waals surface area contributed by atoms with Crippen LogP contribution in [0.2, 0.25) is 0 Å². The molecule has 1 aliphatic rings. The van der Waals surface area contributed by atoms with Gasteiger partial charge in [0.05, 0.1) is 6.54 Å². The van der Waals surface area contributed by atoms with Gasteiger partial charge in [-0.05, 0) is 12.8 Å². The minimum atomic E-state index is -5.28. The number of aromatic nitrogens is 1. The number of rotatable bonds is 5. The Kier molecular flexibility index (Phi) is 6.66. The highest BCUT2D eigenvalue weighted by atomic mass is 32.2. The maximum absolute atomic E-state index is 12.7. The van der Waals surface area contributed by atoms with E-state index in [4.69, 9.17) is 4.52 Å². The number of piperidine rings is 1. The van der Waals surface area contributed by atoms with Gasteiger partial charge in [-0.25, -0.2) is 8.42 Å². The van der Waals surface area contributed by atoms with Crippen molar-refractivity contribution < 1.29 is 26.1 Å². The third-order valence-corrected chi connectivity index (χ3v) is 6.33. The fraction of sp³-hybridized carbons (Fsp3) is 0.444. The van der Waals surface area contributed by atoms with Crippen molar-refractivity contribution in [3.8, 4) is 11.3 Å². The number of guanidine groups is 1. The SMILES string of the molecule is CN=C(NCc1cc(-c2ccccc2)on1)NC1CCN(S(=O)(=O)C(F)(F)F)CC1. The van der Waals surface area contributed by atoms with Gasteiger partial charge < -0.3 is 15.2 Å². The van der Waals surface area contributed by atoms with Gasteiger partial charge in [-0.15, -0.1) is 0 Å². The van der Waals surface area contributed by atoms with E-state index in [0.29, 0.717) is 28.3 Å². The topological polar surface area (TPSA) is 99.8 Å². The lowest BCUT2D eigenvalue weighted by Crippen LogP contribution is -2.51. The van der Waals surface area contributed by atoms with Crippen LogP contribution in [-0.2, 0) is 16.6 Å². The summed E-state index contributed by atoms with van der Waals surface area (Å²) in [6.07, 6.45) is 0.469. The van der Waals surface area contributed by atoms with Crippen LogP contribution in [0, 0.1) is 0 Å². The highest BCUT2D eigenvalue weighted by Gasteiger charge is 2.50. The molecule has 0 bridgehead atoms. The fourth-order valence-corrected chi connectivity index (χ4v) is 4.07. The van der Waals surface area contributed by atoms with Crippen LogP contribution in [0.1, 0.15) is 18.5 Å². The van der Waals surface area contributed by atoms with Crippen LogP contribution in [-0.4, -0.2) is 55.5 Å². The van der Waals surface area contributed by atoms with Crippen molar-refractivity contribution in [2.75, 3.05) is 20.1 Å². The Bertz CT molecular complexity index is 968. The number of hydrogen-bond donors (Lipinski definition) is 2. The van der Waals surface area contributed by atoms with Crippen molar-refractivity contribution in [2.24, 2.45) is 4.99 Å². The van der Waals surface area contributed by atoms with Crippen molar-refractivity contribution >= 4 is 16.0 Å². The van der Waals surface area contributed by atoms with E-state index in [0.717, 1.165) is 5.56 Å². The third-order valence-electron chi connectivity index (χ3n) is 4.70. The molecule has 2 aromatic rings. The molecule has 0 aliphatic carbocycles. The number of alkyl halides is 3. The first-order chi connectivity index (χ1) is 14.2. The van der Waals surface area contributed by atoms with Gasteiger partial charge in [0.1, 0.15) is 5.69 Å². The molecule has 0 atom stereocenters. The molecule has 30 heavy (non-hydrogen) atoms. The molecule has 2 N–H and O–H groups in total. The first kappa shape index (κ1) is 22.1. The summed E-state index contributed by atoms with van der Waals surface area (Å²) in [4.78, 5) is 4.09. The molecule has 0 radical (unpaired) electrons. The van der Waals surface area contributed by atoms with Gasteiger partial charge >= 0.3 is 15.5 Å². The van der Waals surface area contributed by atoms with Crippen LogP contribution in [0.4, 0.5) is 13.2 Å². The van der Waals surface area contributed by atoms with Gasteiger partial charge in [0.25, 0.3) is 0 Å². The normalized spacial score (nSPS) is 17.1. The Balaban J connectivity index is 1.50. The van der Waals surface area contributed by atoms with E-state index in [9.17, 15) is 21.6 Å². The molecule has 1 aromatic carbocycles. The maximum Gasteiger partial charge on any atom is 0.511 e. The molecule has 0 unspecified atom stereocenters. The monoisotopic (exact) mass is 445 g/mol. The molecule has 0 saturated carbocycles. The van der Waals surface area contributed by atoms with E-state index in [1.807, 2.05) is 30.3 Å². The number of nitrogens with zero attached hydrogens (tertiary/aromatic N) is 3. The number of aliphatic imine (C=N–C) groups is 1. The summed E-state index contributed by atoms with van der Waals surface area (Å²) in [5.74, 6) is 1.07. The highest BCUT2D eigenvalue weighted by Crippen LogP contribution is 2.29. The van der Waals surface area contributed by atoms with Gasteiger partial charge in [0, 0.05) is 37.8 Å². The number of nitrogens with one attached hydrogen (secondary N) is 2. The Morgan fingerprint density at radius 2 is 1.93 bits per heavy atom. The van der Waals surface area contributed by atoms with Crippen molar-refractivity contribution in [1.29, 1.82) is 0 Å². The summed E-state index contributed by atoms with van der Waals surface area (Å²) in [5.41, 5.74) is -3.72. The van der Waals surface area contributed by atoms with Crippen LogP contribution < -0.4 is 10.6 Å². The molecule has 3 rings (SSSR count). The molecule has 12 heteroatoms. The lowest BCUT2D eigenvalue weighted by molar-refractivity contribution is -0.0494. The van der Waals surface area contributed by atoms with E-state index in [1.165, 1.54) is 0 Å². The summed E-state index contributed by atoms with van der Waals surface area (Å²) in [6, 6.07) is 11.1. The summed E-state index contributed by atoms with van der Waals surface area (Å²) in [5, 5.41) is 10.2. The van der Waals surface area contributed by atoms with Crippen molar-refractivity contribution in [2.45, 2.75) is 30.9 Å². The number of halogens is 3. The van der Waals surface area contributed by atoms with E-state index in [1.54, 1.807) is 13.1 Å². The van der Waals surface area contributed by atoms with Crippen LogP contribution in [0.25, 0.3) is 11.3 Å². The molecule has 0 spiro atoms. The molecule has 1 aromatic heterocycles. The first-order valence-electron chi connectivity index (χ1n) is 9.25. The fourth-order valence-electron chi connectivity index (χ4n) is 3.08. The summed E-state index contributed by atoms with van der Waals surface area (Å²) < 4.78 is 66.8. The second-order valence-corrected chi connectivity index (χ2v) is 8.67. The maximum atomic E-state index is 12.7. The molecule has 1 aliphatic heterocycles. The lowest BCUT2D eigenvalue weighted by atomic mass is 10.1. The van der Waals surface area contributed by atoms with Crippen LogP contribution in [0.5, 0.6) is 0 Å². The summed E-state index contributed by atoms with van der Waals surface area (Å²) >= 11 is 0. The average Bonchev–Trinajstić information content (AvgIpc) is 3.20. The molecular formula is C18H22F3N5O3S. The van der Waals surface area contributed by atoms with Gasteiger partial charge in [0.2, 0.25) is 0 Å². The smallest absolute Gasteiger partial charge is 0.356 e. The third kappa shape index (κ3) is 5.11. The van der Waals surface area contributed by atoms with Crippen LogP contribution >= 0.6 is 0 Å². The first-order valence-corrected chi connectivity index (χ1v) is 10.7. The highest BCUT2D eigenvalue weighted by molar-refractivity contribution is 7.90. The van der Waals surface area contributed by atoms with E-state index in [-0.39, 0.29) is 32.0 Å². The number of hydrogen-bond acceptors (Lipinski definition) is 5. The second kappa shape index (κ2) is 9.04. The van der Waals surface area contributed by atoms with Crippen LogP contribution in [0.3, 0.4) is 0 Å². The minimum Gasteiger partial charge on any atom is -0.356 e. The molecule has 2 heterocycles. The standard InChI is InChI=1S/C18H22F3N5O3S/c1-22-17(23-12-15-11-16(29-25-15)13-5-3-2-4-6-13)24-14-7-9-26(10-8-14)30(27,28)18(19,20)21/h2-6,11,14H,7-10,12H2,1H3,(H2,22,23,24). The van der Waals surface area contributed by atoms with E-state index >= 15 is 0 Å². The zero-order chi connectivity index (χ0) is 21.8. The predicted molar refractivity (Wildman–Crippen MR) is 105 cm³/mol. The molecule has 8 nitrogen and oxygen atoms in total. The number of sulfonamides is 1. The van der Waals surface area contributed by atoms with Gasteiger partial charge in [-0.2, -0.15) is 17.5 Å². The zero-order valence-electron chi connectivity index (χ0n) is 16.2. The van der Waals surface area contributed by atoms with Crippen LogP contribution in [0.15, 0.2) is 45.9 Å². The molecule has 164 valence electrons. The van der Waals surface area contributed by atoms with Crippen molar-refractivity contribution in [3.05, 3.63) is 42.1 Å².